The van der Waals surface area contributed by atoms with Gasteiger partial charge in [0.1, 0.15) is 5.60 Å². The Morgan fingerprint density at radius 2 is 2.14 bits per heavy atom. The van der Waals surface area contributed by atoms with Crippen LogP contribution in [0.3, 0.4) is 0 Å². The van der Waals surface area contributed by atoms with E-state index >= 15 is 0 Å². The molecule has 0 aromatic carbocycles. The molecule has 0 bridgehead atoms. The van der Waals surface area contributed by atoms with E-state index in [1.165, 1.54) is 6.42 Å². The van der Waals surface area contributed by atoms with Gasteiger partial charge in [0, 0.05) is 12.8 Å². The number of nitrogen functional groups attached to an aromatic ring is 1. The third-order valence-corrected chi connectivity index (χ3v) is 3.96. The van der Waals surface area contributed by atoms with Crippen molar-refractivity contribution >= 4 is 5.69 Å². The van der Waals surface area contributed by atoms with Gasteiger partial charge in [0.2, 0.25) is 5.82 Å². The first-order valence-corrected chi connectivity index (χ1v) is 7.44. The van der Waals surface area contributed by atoms with Crippen LogP contribution in [0.25, 0.3) is 11.6 Å². The molecule has 2 heterocycles. The van der Waals surface area contributed by atoms with Crippen LogP contribution < -0.4 is 5.73 Å². The van der Waals surface area contributed by atoms with Gasteiger partial charge in [-0.1, -0.05) is 24.4 Å². The summed E-state index contributed by atoms with van der Waals surface area (Å²) in [6, 6.07) is 3.55. The maximum Gasteiger partial charge on any atom is 0.278 e. The zero-order valence-electron chi connectivity index (χ0n) is 12.2. The maximum absolute atomic E-state index is 6.00. The van der Waals surface area contributed by atoms with Crippen LogP contribution in [0.4, 0.5) is 5.69 Å². The van der Waals surface area contributed by atoms with Gasteiger partial charge < -0.3 is 15.0 Å². The quantitative estimate of drug-likeness (QED) is 0.930. The number of anilines is 1. The summed E-state index contributed by atoms with van der Waals surface area (Å²) in [5.41, 5.74) is 6.55. The van der Waals surface area contributed by atoms with Crippen molar-refractivity contribution in [3.05, 3.63) is 24.2 Å². The van der Waals surface area contributed by atoms with Gasteiger partial charge in [-0.05, 0) is 31.9 Å². The Bertz CT molecular complexity index is 600. The molecule has 1 aliphatic carbocycles. The van der Waals surface area contributed by atoms with Gasteiger partial charge in [0.05, 0.1) is 5.69 Å². The van der Waals surface area contributed by atoms with Gasteiger partial charge in [-0.3, -0.25) is 0 Å². The molecule has 0 radical (unpaired) electrons. The highest BCUT2D eigenvalue weighted by Crippen LogP contribution is 2.39. The molecule has 3 rings (SSSR count). The van der Waals surface area contributed by atoms with Crippen LogP contribution >= 0.6 is 0 Å². The van der Waals surface area contributed by atoms with Crippen LogP contribution in [-0.2, 0) is 10.3 Å². The maximum atomic E-state index is 6.00. The van der Waals surface area contributed by atoms with E-state index in [4.69, 9.17) is 15.0 Å². The average molecular weight is 288 g/mol. The van der Waals surface area contributed by atoms with E-state index < -0.39 is 5.60 Å². The van der Waals surface area contributed by atoms with Crippen molar-refractivity contribution in [3.63, 3.8) is 0 Å². The third-order valence-electron chi connectivity index (χ3n) is 3.96. The van der Waals surface area contributed by atoms with Crippen molar-refractivity contribution in [1.82, 2.24) is 15.1 Å². The normalized spacial score (nSPS) is 17.8. The monoisotopic (exact) mass is 288 g/mol. The molecule has 1 saturated carbocycles. The van der Waals surface area contributed by atoms with Crippen molar-refractivity contribution in [1.29, 1.82) is 0 Å². The Labute approximate surface area is 123 Å². The Balaban J connectivity index is 1.94. The summed E-state index contributed by atoms with van der Waals surface area (Å²) in [4.78, 5) is 8.72. The van der Waals surface area contributed by atoms with Crippen molar-refractivity contribution in [3.8, 4) is 11.6 Å². The molecule has 112 valence electrons. The van der Waals surface area contributed by atoms with E-state index in [2.05, 4.69) is 15.1 Å². The van der Waals surface area contributed by atoms with E-state index in [9.17, 15) is 0 Å². The summed E-state index contributed by atoms with van der Waals surface area (Å²) in [6.07, 6.45) is 6.99. The summed E-state index contributed by atoms with van der Waals surface area (Å²) in [5.74, 6) is 0.969. The van der Waals surface area contributed by atoms with Crippen LogP contribution in [0.5, 0.6) is 0 Å². The molecule has 0 amide bonds. The van der Waals surface area contributed by atoms with Gasteiger partial charge >= 0.3 is 0 Å². The first kappa shape index (κ1) is 14.0. The van der Waals surface area contributed by atoms with E-state index in [-0.39, 0.29) is 0 Å². The smallest absolute Gasteiger partial charge is 0.278 e. The molecule has 1 aliphatic rings. The highest BCUT2D eigenvalue weighted by atomic mass is 16.5. The molecule has 21 heavy (non-hydrogen) atoms. The lowest BCUT2D eigenvalue weighted by Crippen LogP contribution is -2.33. The molecule has 0 atom stereocenters. The second-order valence-corrected chi connectivity index (χ2v) is 5.35. The Hall–Kier alpha value is -1.95. The molecule has 0 unspecified atom stereocenters. The highest BCUT2D eigenvalue weighted by molar-refractivity contribution is 5.65. The number of hydrogen-bond acceptors (Lipinski definition) is 6. The molecule has 0 aliphatic heterocycles. The second kappa shape index (κ2) is 5.81. The summed E-state index contributed by atoms with van der Waals surface area (Å²) in [6.45, 7) is 2.63. The topological polar surface area (TPSA) is 87.1 Å². The minimum Gasteiger partial charge on any atom is -0.397 e. The van der Waals surface area contributed by atoms with E-state index in [1.54, 1.807) is 18.3 Å². The fraction of sp³-hybridized carbons (Fsp3) is 0.533. The van der Waals surface area contributed by atoms with Crippen LogP contribution in [0, 0.1) is 0 Å². The van der Waals surface area contributed by atoms with Crippen molar-refractivity contribution in [2.75, 3.05) is 12.3 Å². The first-order valence-electron chi connectivity index (χ1n) is 7.44. The predicted molar refractivity (Wildman–Crippen MR) is 78.3 cm³/mol. The molecule has 2 aromatic heterocycles. The molecule has 2 N–H and O–H groups in total. The zero-order valence-corrected chi connectivity index (χ0v) is 12.2. The summed E-state index contributed by atoms with van der Waals surface area (Å²) < 4.78 is 11.4. The Kier molecular flexibility index (Phi) is 3.88. The minimum atomic E-state index is -0.418. The van der Waals surface area contributed by atoms with Gasteiger partial charge in [-0.15, -0.1) is 0 Å². The number of aromatic nitrogens is 3. The van der Waals surface area contributed by atoms with Gasteiger partial charge in [0.25, 0.3) is 5.89 Å². The lowest BCUT2D eigenvalue weighted by atomic mass is 9.84. The molecule has 0 saturated heterocycles. The van der Waals surface area contributed by atoms with Crippen molar-refractivity contribution in [2.45, 2.75) is 44.6 Å². The van der Waals surface area contributed by atoms with E-state index in [0.29, 0.717) is 29.7 Å². The lowest BCUT2D eigenvalue weighted by molar-refractivity contribution is -0.0777. The van der Waals surface area contributed by atoms with E-state index in [1.807, 2.05) is 6.92 Å². The largest absolute Gasteiger partial charge is 0.397 e. The molecule has 1 fully saturated rings. The highest BCUT2D eigenvalue weighted by Gasteiger charge is 2.39. The standard InChI is InChI=1S/C15H20N4O2/c1-2-20-15(8-4-3-5-9-15)14-18-13(21-19-14)12-11(16)7-6-10-17-12/h6-7,10H,2-5,8-9,16H2,1H3. The lowest BCUT2D eigenvalue weighted by Gasteiger charge is -2.33. The molecule has 0 spiro atoms. The van der Waals surface area contributed by atoms with Crippen LogP contribution in [0.2, 0.25) is 0 Å². The van der Waals surface area contributed by atoms with Crippen LogP contribution in [0.1, 0.15) is 44.9 Å². The summed E-state index contributed by atoms with van der Waals surface area (Å²) in [5, 5.41) is 4.14. The van der Waals surface area contributed by atoms with Gasteiger partial charge in [0.15, 0.2) is 5.69 Å². The van der Waals surface area contributed by atoms with Gasteiger partial charge in [-0.2, -0.15) is 4.98 Å². The first-order chi connectivity index (χ1) is 10.2. The zero-order chi connectivity index (χ0) is 14.7. The van der Waals surface area contributed by atoms with Crippen LogP contribution in [0.15, 0.2) is 22.9 Å². The molecule has 6 nitrogen and oxygen atoms in total. The van der Waals surface area contributed by atoms with Crippen LogP contribution in [-0.4, -0.2) is 21.7 Å². The number of nitrogens with two attached hydrogens (primary N) is 1. The fourth-order valence-corrected chi connectivity index (χ4v) is 2.93. The fourth-order valence-electron chi connectivity index (χ4n) is 2.93. The summed E-state index contributed by atoms with van der Waals surface area (Å²) in [7, 11) is 0. The molecule has 6 heteroatoms. The van der Waals surface area contributed by atoms with Crippen molar-refractivity contribution < 1.29 is 9.26 Å². The molecule has 2 aromatic rings. The minimum absolute atomic E-state index is 0.354. The SMILES string of the molecule is CCOC1(c2noc(-c3ncccc3N)n2)CCCCC1. The number of rotatable bonds is 4. The predicted octanol–water partition coefficient (Wildman–Crippen LogP) is 2.91. The number of ether oxygens (including phenoxy) is 1. The summed E-state index contributed by atoms with van der Waals surface area (Å²) >= 11 is 0. The number of hydrogen-bond donors (Lipinski definition) is 1. The third kappa shape index (κ3) is 2.63. The second-order valence-electron chi connectivity index (χ2n) is 5.35. The van der Waals surface area contributed by atoms with Gasteiger partial charge in [-0.25, -0.2) is 4.98 Å². The molecular weight excluding hydrogens is 268 g/mol. The average Bonchev–Trinajstić information content (AvgIpc) is 2.99. The number of pyridine rings is 1. The Morgan fingerprint density at radius 3 is 2.86 bits per heavy atom. The molecular formula is C15H20N4O2. The van der Waals surface area contributed by atoms with E-state index in [0.717, 1.165) is 25.7 Å². The van der Waals surface area contributed by atoms with Crippen molar-refractivity contribution in [2.24, 2.45) is 0 Å². The number of nitrogens with zero attached hydrogens (tertiary/aromatic N) is 3. The Morgan fingerprint density at radius 1 is 1.33 bits per heavy atom.